The summed E-state index contributed by atoms with van der Waals surface area (Å²) in [4.78, 5) is 55.6. The minimum atomic E-state index is -0.761. The lowest BCUT2D eigenvalue weighted by Crippen LogP contribution is -2.51. The van der Waals surface area contributed by atoms with Crippen LogP contribution in [0.15, 0.2) is 78.9 Å². The van der Waals surface area contributed by atoms with Crippen LogP contribution in [0.1, 0.15) is 58.5 Å². The fourth-order valence-electron chi connectivity index (χ4n) is 4.88. The molecule has 1 aliphatic rings. The topological polar surface area (TPSA) is 96.0 Å². The first kappa shape index (κ1) is 28.5. The predicted octanol–water partition coefficient (Wildman–Crippen LogP) is 4.24. The molecule has 0 saturated carbocycles. The van der Waals surface area contributed by atoms with Crippen LogP contribution < -0.4 is 10.1 Å². The zero-order valence-corrected chi connectivity index (χ0v) is 23.1. The molecular weight excluding hydrogens is 506 g/mol. The van der Waals surface area contributed by atoms with Gasteiger partial charge in [0.25, 0.3) is 11.8 Å². The molecule has 0 aliphatic carbocycles. The van der Waals surface area contributed by atoms with Crippen LogP contribution in [0.2, 0.25) is 0 Å². The van der Waals surface area contributed by atoms with Gasteiger partial charge in [0, 0.05) is 32.0 Å². The highest BCUT2D eigenvalue weighted by molar-refractivity contribution is 6.21. The van der Waals surface area contributed by atoms with Crippen molar-refractivity contribution in [3.8, 4) is 5.75 Å². The first-order chi connectivity index (χ1) is 19.3. The van der Waals surface area contributed by atoms with Crippen molar-refractivity contribution in [2.45, 2.75) is 51.7 Å². The van der Waals surface area contributed by atoms with Crippen LogP contribution >= 0.6 is 0 Å². The molecule has 0 fully saturated rings. The molecule has 8 heteroatoms. The van der Waals surface area contributed by atoms with E-state index in [4.69, 9.17) is 4.74 Å². The molecule has 1 heterocycles. The van der Waals surface area contributed by atoms with E-state index in [-0.39, 0.29) is 55.6 Å². The maximum absolute atomic E-state index is 13.8. The quantitative estimate of drug-likeness (QED) is 0.346. The number of nitrogens with zero attached hydrogens (tertiary/aromatic N) is 2. The third kappa shape index (κ3) is 6.75. The van der Waals surface area contributed by atoms with Gasteiger partial charge in [-0.05, 0) is 55.7 Å². The van der Waals surface area contributed by atoms with Crippen molar-refractivity contribution < 1.29 is 23.9 Å². The number of benzene rings is 3. The van der Waals surface area contributed by atoms with Gasteiger partial charge in [-0.3, -0.25) is 24.1 Å². The van der Waals surface area contributed by atoms with Gasteiger partial charge >= 0.3 is 0 Å². The molecule has 1 atom stereocenters. The molecule has 1 aliphatic heterocycles. The molecule has 0 unspecified atom stereocenters. The summed E-state index contributed by atoms with van der Waals surface area (Å²) >= 11 is 0. The monoisotopic (exact) mass is 541 g/mol. The van der Waals surface area contributed by atoms with E-state index in [0.29, 0.717) is 23.3 Å². The first-order valence-electron chi connectivity index (χ1n) is 13.5. The lowest BCUT2D eigenvalue weighted by Gasteiger charge is -2.32. The lowest BCUT2D eigenvalue weighted by molar-refractivity contribution is -0.141. The van der Waals surface area contributed by atoms with Gasteiger partial charge in [0.15, 0.2) is 0 Å². The van der Waals surface area contributed by atoms with Crippen LogP contribution in [0.5, 0.6) is 5.75 Å². The second-order valence-corrected chi connectivity index (χ2v) is 10.2. The van der Waals surface area contributed by atoms with Crippen LogP contribution in [0, 0.1) is 0 Å². The average molecular weight is 542 g/mol. The molecule has 0 bridgehead atoms. The van der Waals surface area contributed by atoms with E-state index in [2.05, 4.69) is 5.32 Å². The Morgan fingerprint density at radius 2 is 1.50 bits per heavy atom. The van der Waals surface area contributed by atoms with E-state index < -0.39 is 6.04 Å². The van der Waals surface area contributed by atoms with Crippen molar-refractivity contribution in [1.82, 2.24) is 15.1 Å². The molecule has 0 radical (unpaired) electrons. The van der Waals surface area contributed by atoms with Gasteiger partial charge in [-0.2, -0.15) is 0 Å². The second kappa shape index (κ2) is 13.1. The summed E-state index contributed by atoms with van der Waals surface area (Å²) in [6.07, 6.45) is 0.688. The number of carbonyl (C=O) groups excluding carboxylic acids is 4. The molecule has 1 N–H and O–H groups in total. The fourth-order valence-corrected chi connectivity index (χ4v) is 4.88. The van der Waals surface area contributed by atoms with E-state index in [0.717, 1.165) is 11.1 Å². The predicted molar refractivity (Wildman–Crippen MR) is 152 cm³/mol. The minimum Gasteiger partial charge on any atom is -0.497 e. The zero-order valence-electron chi connectivity index (χ0n) is 23.1. The first-order valence-corrected chi connectivity index (χ1v) is 13.5. The molecule has 3 aromatic carbocycles. The van der Waals surface area contributed by atoms with Gasteiger partial charge in [0.1, 0.15) is 11.8 Å². The number of nitrogens with one attached hydrogen (secondary N) is 1. The summed E-state index contributed by atoms with van der Waals surface area (Å²) in [5.74, 6) is -0.518. The number of carbonyl (C=O) groups is 4. The van der Waals surface area contributed by atoms with E-state index in [1.807, 2.05) is 68.4 Å². The van der Waals surface area contributed by atoms with Crippen molar-refractivity contribution in [2.75, 3.05) is 13.7 Å². The number of hydrogen-bond acceptors (Lipinski definition) is 5. The summed E-state index contributed by atoms with van der Waals surface area (Å²) in [5, 5.41) is 2.97. The van der Waals surface area contributed by atoms with E-state index in [1.165, 1.54) is 4.90 Å². The Labute approximate surface area is 234 Å². The number of amides is 4. The van der Waals surface area contributed by atoms with Crippen molar-refractivity contribution in [3.63, 3.8) is 0 Å². The maximum Gasteiger partial charge on any atom is 0.261 e. The Morgan fingerprint density at radius 3 is 2.12 bits per heavy atom. The normalized spacial score (nSPS) is 13.2. The lowest BCUT2D eigenvalue weighted by atomic mass is 10.0. The summed E-state index contributed by atoms with van der Waals surface area (Å²) < 4.78 is 5.37. The Kier molecular flexibility index (Phi) is 9.32. The Morgan fingerprint density at radius 1 is 0.875 bits per heavy atom. The number of methoxy groups -OCH3 is 1. The molecule has 0 spiro atoms. The fraction of sp³-hybridized carbons (Fsp3) is 0.312. The number of ether oxygens (including phenoxy) is 1. The molecule has 0 aromatic heterocycles. The SMILES string of the molecule is COc1cccc(CN(C(=O)CCCN2C(=O)c3ccccc3C2=O)[C@@H](Cc2ccccc2)C(=O)NC(C)C)c1. The molecular formula is C32H35N3O5. The van der Waals surface area contributed by atoms with E-state index in [1.54, 1.807) is 36.3 Å². The minimum absolute atomic E-state index is 0.0671. The molecule has 40 heavy (non-hydrogen) atoms. The third-order valence-electron chi connectivity index (χ3n) is 6.84. The summed E-state index contributed by atoms with van der Waals surface area (Å²) in [6, 6.07) is 22.9. The van der Waals surface area contributed by atoms with Crippen LogP contribution in [0.25, 0.3) is 0 Å². The number of fused-ring (bicyclic) bond motifs is 1. The van der Waals surface area contributed by atoms with Crippen molar-refractivity contribution in [2.24, 2.45) is 0 Å². The molecule has 8 nitrogen and oxygen atoms in total. The Hall–Kier alpha value is -4.46. The second-order valence-electron chi connectivity index (χ2n) is 10.2. The third-order valence-corrected chi connectivity index (χ3v) is 6.84. The van der Waals surface area contributed by atoms with Crippen LogP contribution in [0.4, 0.5) is 0 Å². The van der Waals surface area contributed by atoms with Gasteiger partial charge in [0.05, 0.1) is 18.2 Å². The average Bonchev–Trinajstić information content (AvgIpc) is 3.20. The standard InChI is InChI=1S/C32H35N3O5/c1-22(2)33-30(37)28(20-23-11-5-4-6-12-23)35(21-24-13-9-14-25(19-24)40-3)29(36)17-10-18-34-31(38)26-15-7-8-16-27(26)32(34)39/h4-9,11-16,19,22,28H,10,17-18,20-21H2,1-3H3,(H,33,37)/t28-/m0/s1. The van der Waals surface area contributed by atoms with Gasteiger partial charge in [0.2, 0.25) is 11.8 Å². The van der Waals surface area contributed by atoms with Crippen molar-refractivity contribution in [1.29, 1.82) is 0 Å². The van der Waals surface area contributed by atoms with E-state index >= 15 is 0 Å². The highest BCUT2D eigenvalue weighted by Gasteiger charge is 2.35. The number of imide groups is 1. The molecule has 4 rings (SSSR count). The van der Waals surface area contributed by atoms with Crippen LogP contribution in [0.3, 0.4) is 0 Å². The molecule has 4 amide bonds. The molecule has 208 valence electrons. The highest BCUT2D eigenvalue weighted by atomic mass is 16.5. The number of rotatable bonds is 12. The molecule has 0 saturated heterocycles. The maximum atomic E-state index is 13.8. The Bertz CT molecular complexity index is 1340. The van der Waals surface area contributed by atoms with Gasteiger partial charge in [-0.1, -0.05) is 54.6 Å². The largest absolute Gasteiger partial charge is 0.497 e. The summed E-state index contributed by atoms with van der Waals surface area (Å²) in [6.45, 7) is 4.08. The smallest absolute Gasteiger partial charge is 0.261 e. The summed E-state index contributed by atoms with van der Waals surface area (Å²) in [7, 11) is 1.58. The van der Waals surface area contributed by atoms with E-state index in [9.17, 15) is 19.2 Å². The van der Waals surface area contributed by atoms with Gasteiger partial charge in [-0.15, -0.1) is 0 Å². The van der Waals surface area contributed by atoms with Crippen LogP contribution in [-0.4, -0.2) is 59.2 Å². The summed E-state index contributed by atoms with van der Waals surface area (Å²) in [5.41, 5.74) is 2.52. The van der Waals surface area contributed by atoms with Gasteiger partial charge in [-0.25, -0.2) is 0 Å². The van der Waals surface area contributed by atoms with Crippen molar-refractivity contribution >= 4 is 23.6 Å². The van der Waals surface area contributed by atoms with Crippen LogP contribution in [-0.2, 0) is 22.6 Å². The Balaban J connectivity index is 1.55. The van der Waals surface area contributed by atoms with Gasteiger partial charge < -0.3 is 15.0 Å². The van der Waals surface area contributed by atoms with Crippen molar-refractivity contribution in [3.05, 3.63) is 101 Å². The molecule has 3 aromatic rings. The number of hydrogen-bond donors (Lipinski definition) is 1. The zero-order chi connectivity index (χ0) is 28.6. The highest BCUT2D eigenvalue weighted by Crippen LogP contribution is 2.24.